The number of phosphoric acid groups is 3. The number of amides is 2. The molecule has 0 bridgehead atoms. The van der Waals surface area contributed by atoms with E-state index in [0.717, 1.165) is 17.2 Å². The van der Waals surface area contributed by atoms with Crippen molar-refractivity contribution in [1.82, 2.24) is 30.2 Å². The number of thioether (sulfide) groups is 1. The highest BCUT2D eigenvalue weighted by Gasteiger charge is 2.48. The van der Waals surface area contributed by atoms with Gasteiger partial charge in [-0.05, 0) is 6.92 Å². The molecule has 1 fully saturated rings. The van der Waals surface area contributed by atoms with Crippen LogP contribution in [0.25, 0.3) is 11.2 Å². The Balaban J connectivity index is 1.50. The number of aliphatic hydroxyl groups is 2. The Morgan fingerprint density at radius 1 is 1.09 bits per heavy atom. The number of aliphatic hydroxyl groups excluding tert-OH is 2. The highest BCUT2D eigenvalue weighted by molar-refractivity contribution is 8.13. The Labute approximate surface area is 314 Å². The highest BCUT2D eigenvalue weighted by atomic mass is 32.2. The topological polar surface area (TPSA) is 409 Å². The number of nitrogen functional groups attached to an aromatic ring is 1. The van der Waals surface area contributed by atoms with Crippen LogP contribution in [0.3, 0.4) is 0 Å². The van der Waals surface area contributed by atoms with Crippen molar-refractivity contribution in [2.24, 2.45) is 11.3 Å². The van der Waals surface area contributed by atoms with E-state index in [-0.39, 0.29) is 42.2 Å². The zero-order valence-corrected chi connectivity index (χ0v) is 32.4. The van der Waals surface area contributed by atoms with Gasteiger partial charge in [0.25, 0.3) is 23.5 Å². The van der Waals surface area contributed by atoms with E-state index in [1.807, 2.05) is 0 Å². The van der Waals surface area contributed by atoms with Gasteiger partial charge in [-0.25, -0.2) is 19.3 Å². The maximum absolute atomic E-state index is 12.5. The number of rotatable bonds is 21. The summed E-state index contributed by atoms with van der Waals surface area (Å²) in [5.41, 5.74) is 4.04. The average molecular weight is 865 g/mol. The van der Waals surface area contributed by atoms with Gasteiger partial charge in [-0.2, -0.15) is 0 Å². The van der Waals surface area contributed by atoms with Gasteiger partial charge in [-0.15, -0.1) is 0 Å². The summed E-state index contributed by atoms with van der Waals surface area (Å²) in [4.78, 5) is 104. The largest absolute Gasteiger partial charge is 0.756 e. The van der Waals surface area contributed by atoms with Gasteiger partial charge in [-0.1, -0.05) is 25.6 Å². The molecule has 1 aliphatic rings. The van der Waals surface area contributed by atoms with Crippen LogP contribution >= 0.6 is 35.2 Å². The number of aliphatic carboxylic acids is 1. The lowest BCUT2D eigenvalue weighted by Gasteiger charge is -2.35. The van der Waals surface area contributed by atoms with Crippen molar-refractivity contribution in [3.63, 3.8) is 0 Å². The van der Waals surface area contributed by atoms with Gasteiger partial charge in [0.15, 0.2) is 17.7 Å². The molecule has 0 aromatic carbocycles. The molecule has 310 valence electrons. The van der Waals surface area contributed by atoms with E-state index >= 15 is 0 Å². The van der Waals surface area contributed by atoms with Crippen molar-refractivity contribution in [1.29, 1.82) is 0 Å². The monoisotopic (exact) mass is 864 g/mol. The molecule has 8 N–H and O–H groups in total. The van der Waals surface area contributed by atoms with E-state index in [4.69, 9.17) is 15.6 Å². The molecule has 2 aromatic heterocycles. The molecular formula is C25H37N7O19P3S-3. The Hall–Kier alpha value is -2.97. The molecule has 26 nitrogen and oxygen atoms in total. The van der Waals surface area contributed by atoms with E-state index in [0.29, 0.717) is 11.8 Å². The quantitative estimate of drug-likeness (QED) is 0.0363. The molecule has 0 aliphatic carbocycles. The number of aromatic nitrogens is 4. The molecular weight excluding hydrogens is 827 g/mol. The van der Waals surface area contributed by atoms with Crippen LogP contribution in [0, 0.1) is 11.3 Å². The Kier molecular flexibility index (Phi) is 16.0. The van der Waals surface area contributed by atoms with Crippen molar-refractivity contribution >= 4 is 75.1 Å². The predicted octanol–water partition coefficient (Wildman–Crippen LogP) is -3.51. The van der Waals surface area contributed by atoms with Crippen LogP contribution in [0.1, 0.15) is 33.4 Å². The molecule has 2 aromatic rings. The molecule has 3 heterocycles. The molecule has 0 spiro atoms. The second-order valence-electron chi connectivity index (χ2n) is 12.2. The summed E-state index contributed by atoms with van der Waals surface area (Å²) in [5.74, 6) is -4.12. The van der Waals surface area contributed by atoms with Crippen LogP contribution in [0.5, 0.6) is 0 Å². The number of nitrogens with zero attached hydrogens (tertiary/aromatic N) is 4. The molecule has 2 amide bonds. The molecule has 55 heavy (non-hydrogen) atoms. The standard InChI is InChI=1S/C25H40N7O19P3S/c1-12(23(37)38)24(39)55-7-6-27-14(33)4-5-28-21(36)18(35)25(2,3)9-48-54(45,46)51-53(43,44)47-8-13-17(50-52(40,41)42)16(34)22(49-13)32-11-31-15-19(26)29-10-30-20(15)32/h10-13,16-18,22,34-35H,4-9H2,1-3H3,(H,27,33)(H,28,36)(H,37,38)(H,43,44)(H,45,46)(H2,26,29,30)(H2,40,41,42)/p-3/t12?,13-,16-,17-,18-,22-/m1/s1. The number of imidazole rings is 1. The third-order valence-electron chi connectivity index (χ3n) is 7.45. The number of ether oxygens (including phenoxy) is 1. The summed E-state index contributed by atoms with van der Waals surface area (Å²) in [6.45, 7) is 0.993. The van der Waals surface area contributed by atoms with Gasteiger partial charge < -0.3 is 69.6 Å². The predicted molar refractivity (Wildman–Crippen MR) is 177 cm³/mol. The number of fused-ring (bicyclic) bond motifs is 1. The van der Waals surface area contributed by atoms with E-state index < -0.39 is 102 Å². The number of nitrogens with one attached hydrogen (secondary N) is 2. The molecule has 30 heteroatoms. The second-order valence-corrected chi connectivity index (χ2v) is 17.4. The number of anilines is 1. The molecule has 9 atom stereocenters. The number of phosphoric ester groups is 3. The zero-order valence-electron chi connectivity index (χ0n) is 28.9. The molecule has 1 saturated heterocycles. The van der Waals surface area contributed by atoms with Crippen LogP contribution < -0.4 is 31.0 Å². The maximum atomic E-state index is 12.5. The van der Waals surface area contributed by atoms with Crippen LogP contribution in [0.4, 0.5) is 5.82 Å². The normalized spacial score (nSPS) is 23.2. The van der Waals surface area contributed by atoms with Crippen LogP contribution in [0.2, 0.25) is 0 Å². The summed E-state index contributed by atoms with van der Waals surface area (Å²) in [6, 6.07) is 0. The lowest BCUT2D eigenvalue weighted by atomic mass is 9.87. The molecule has 0 saturated carbocycles. The van der Waals surface area contributed by atoms with Gasteiger partial charge in [0.05, 0.1) is 19.5 Å². The van der Waals surface area contributed by atoms with E-state index in [1.165, 1.54) is 20.8 Å². The number of carboxylic acids is 1. The first-order chi connectivity index (χ1) is 25.3. The number of nitrogens with two attached hydrogens (primary N) is 1. The number of hydrogen-bond acceptors (Lipinski definition) is 22. The number of hydrogen-bond donors (Lipinski definition) is 7. The first-order valence-corrected chi connectivity index (χ1v) is 21.0. The first-order valence-electron chi connectivity index (χ1n) is 15.6. The number of carboxylic acid groups (broad SMARTS) is 1. The zero-order chi connectivity index (χ0) is 41.5. The SMILES string of the molecule is CC(C(=O)O)C(=O)SCCNC(=O)CCNC(=O)[C@@H](O)C(C)(C)COP(=O)([O-])OP(=O)([O-])OC[C@H]1O[C@@H](n2cnc3c(N)ncnc32)[C@H](O)[C@@H]1OP(=O)([O-])O. The van der Waals surface area contributed by atoms with Crippen molar-refractivity contribution in [2.75, 3.05) is 37.8 Å². The van der Waals surface area contributed by atoms with Gasteiger partial charge in [0, 0.05) is 30.7 Å². The Morgan fingerprint density at radius 3 is 2.38 bits per heavy atom. The van der Waals surface area contributed by atoms with Crippen molar-refractivity contribution in [2.45, 2.75) is 57.8 Å². The van der Waals surface area contributed by atoms with Crippen molar-refractivity contribution in [3.8, 4) is 0 Å². The fraction of sp³-hybridized carbons (Fsp3) is 0.640. The van der Waals surface area contributed by atoms with E-state index in [1.54, 1.807) is 0 Å². The minimum absolute atomic E-state index is 0.0126. The van der Waals surface area contributed by atoms with Gasteiger partial charge in [0.2, 0.25) is 16.9 Å². The van der Waals surface area contributed by atoms with Gasteiger partial charge in [-0.3, -0.25) is 37.4 Å². The van der Waals surface area contributed by atoms with E-state index in [9.17, 15) is 62.7 Å². The number of carbonyl (C=O) groups excluding carboxylic acids is 3. The molecule has 1 aliphatic heterocycles. The Morgan fingerprint density at radius 2 is 1.75 bits per heavy atom. The fourth-order valence-corrected chi connectivity index (χ4v) is 7.99. The summed E-state index contributed by atoms with van der Waals surface area (Å²) >= 11 is 0.716. The highest BCUT2D eigenvalue weighted by Crippen LogP contribution is 2.56. The molecule has 3 rings (SSSR count). The maximum Gasteiger partial charge on any atom is 0.314 e. The summed E-state index contributed by atoms with van der Waals surface area (Å²) in [6.07, 6.45) is -7.59. The van der Waals surface area contributed by atoms with Crippen LogP contribution in [-0.2, 0) is 55.5 Å². The summed E-state index contributed by atoms with van der Waals surface area (Å²) in [7, 11) is -17.4. The summed E-state index contributed by atoms with van der Waals surface area (Å²) in [5, 5.41) is 34.2. The van der Waals surface area contributed by atoms with Crippen LogP contribution in [-0.4, -0.2) is 119 Å². The minimum Gasteiger partial charge on any atom is -0.756 e. The van der Waals surface area contributed by atoms with E-state index in [2.05, 4.69) is 43.5 Å². The molecule has 4 unspecified atom stereocenters. The average Bonchev–Trinajstić information content (AvgIpc) is 3.64. The molecule has 0 radical (unpaired) electrons. The summed E-state index contributed by atoms with van der Waals surface area (Å²) < 4.78 is 60.6. The number of carbonyl (C=O) groups is 4. The van der Waals surface area contributed by atoms with Crippen molar-refractivity contribution in [3.05, 3.63) is 12.7 Å². The van der Waals surface area contributed by atoms with Crippen LogP contribution in [0.15, 0.2) is 12.7 Å². The lowest BCUT2D eigenvalue weighted by Crippen LogP contribution is -2.46. The fourth-order valence-electron chi connectivity index (χ4n) is 4.49. The van der Waals surface area contributed by atoms with Gasteiger partial charge >= 0.3 is 5.97 Å². The van der Waals surface area contributed by atoms with Crippen molar-refractivity contribution < 1.29 is 90.4 Å². The smallest absolute Gasteiger partial charge is 0.314 e. The minimum atomic E-state index is -5.92. The second kappa shape index (κ2) is 19.0. The van der Waals surface area contributed by atoms with Gasteiger partial charge in [0.1, 0.15) is 42.2 Å². The first kappa shape index (κ1) is 46.4. The Bertz CT molecular complexity index is 1860. The third-order valence-corrected chi connectivity index (χ3v) is 11.5. The lowest BCUT2D eigenvalue weighted by molar-refractivity contribution is -0.247. The third kappa shape index (κ3) is 13.6.